The molecule has 0 fully saturated rings. The average Bonchev–Trinajstić information content (AvgIpc) is 2.56. The van der Waals surface area contributed by atoms with Crippen LogP contribution in [-0.2, 0) is 14.8 Å². The van der Waals surface area contributed by atoms with E-state index >= 15 is 0 Å². The minimum absolute atomic E-state index is 0.163. The number of hydrogen-bond donors (Lipinski definition) is 1. The van der Waals surface area contributed by atoms with Crippen LogP contribution in [0.5, 0.6) is 0 Å². The van der Waals surface area contributed by atoms with Gasteiger partial charge in [0.2, 0.25) is 15.9 Å². The molecule has 0 heterocycles. The Morgan fingerprint density at radius 3 is 2.44 bits per heavy atom. The molecule has 0 atom stereocenters. The van der Waals surface area contributed by atoms with Crippen molar-refractivity contribution in [2.75, 3.05) is 22.4 Å². The molecule has 0 bridgehead atoms. The number of anilines is 2. The van der Waals surface area contributed by atoms with Gasteiger partial charge in [-0.1, -0.05) is 35.3 Å². The molecule has 2 aromatic carbocycles. The Hall–Kier alpha value is -1.76. The van der Waals surface area contributed by atoms with Gasteiger partial charge in [0.05, 0.1) is 22.7 Å². The zero-order valence-corrected chi connectivity index (χ0v) is 17.7. The normalized spacial score (nSPS) is 11.3. The highest BCUT2D eigenvalue weighted by atomic mass is 35.5. The molecule has 0 unspecified atom stereocenters. The molecular formula is C19H22Cl2N2O3S. The zero-order chi connectivity index (χ0) is 20.2. The third kappa shape index (κ3) is 6.13. The van der Waals surface area contributed by atoms with Gasteiger partial charge in [0.15, 0.2) is 0 Å². The largest absolute Gasteiger partial charge is 0.325 e. The maximum Gasteiger partial charge on any atom is 0.232 e. The summed E-state index contributed by atoms with van der Waals surface area (Å²) in [7, 11) is -3.46. The SMILES string of the molecule is Cc1ccc(C)c(N(CCCC(=O)Nc2ccc(Cl)cc2Cl)S(C)(=O)=O)c1. The van der Waals surface area contributed by atoms with Gasteiger partial charge in [-0.05, 0) is 55.7 Å². The third-order valence-electron chi connectivity index (χ3n) is 4.00. The van der Waals surface area contributed by atoms with E-state index in [9.17, 15) is 13.2 Å². The van der Waals surface area contributed by atoms with Crippen LogP contribution in [0.25, 0.3) is 0 Å². The smallest absolute Gasteiger partial charge is 0.232 e. The molecule has 1 amide bonds. The summed E-state index contributed by atoms with van der Waals surface area (Å²) < 4.78 is 25.8. The monoisotopic (exact) mass is 428 g/mol. The zero-order valence-electron chi connectivity index (χ0n) is 15.4. The molecule has 27 heavy (non-hydrogen) atoms. The number of hydrogen-bond acceptors (Lipinski definition) is 3. The summed E-state index contributed by atoms with van der Waals surface area (Å²) in [5.74, 6) is -0.242. The van der Waals surface area contributed by atoms with Gasteiger partial charge in [0, 0.05) is 18.0 Å². The summed E-state index contributed by atoms with van der Waals surface area (Å²) in [6.45, 7) is 3.99. The second kappa shape index (κ2) is 8.95. The van der Waals surface area contributed by atoms with Gasteiger partial charge < -0.3 is 5.32 Å². The fraction of sp³-hybridized carbons (Fsp3) is 0.316. The predicted molar refractivity (Wildman–Crippen MR) is 112 cm³/mol. The Balaban J connectivity index is 2.03. The summed E-state index contributed by atoms with van der Waals surface area (Å²) in [4.78, 5) is 12.2. The number of carbonyl (C=O) groups excluding carboxylic acids is 1. The molecule has 0 saturated heterocycles. The number of nitrogens with one attached hydrogen (secondary N) is 1. The Morgan fingerprint density at radius 1 is 1.11 bits per heavy atom. The summed E-state index contributed by atoms with van der Waals surface area (Å²) in [5.41, 5.74) is 2.95. The van der Waals surface area contributed by atoms with E-state index in [2.05, 4.69) is 5.32 Å². The minimum Gasteiger partial charge on any atom is -0.325 e. The average molecular weight is 429 g/mol. The standard InChI is InChI=1S/C19H22Cl2N2O3S/c1-13-6-7-14(2)18(11-13)23(27(3,25)26)10-4-5-19(24)22-17-9-8-15(20)12-16(17)21/h6-9,11-12H,4-5,10H2,1-3H3,(H,22,24). The number of sulfonamides is 1. The topological polar surface area (TPSA) is 66.5 Å². The van der Waals surface area contributed by atoms with E-state index in [-0.39, 0.29) is 18.9 Å². The molecule has 0 aliphatic rings. The summed E-state index contributed by atoms with van der Waals surface area (Å²) >= 11 is 11.9. The molecule has 0 aliphatic heterocycles. The van der Waals surface area contributed by atoms with Crippen molar-refractivity contribution < 1.29 is 13.2 Å². The summed E-state index contributed by atoms with van der Waals surface area (Å²) in [6, 6.07) is 10.5. The lowest BCUT2D eigenvalue weighted by atomic mass is 10.1. The van der Waals surface area contributed by atoms with E-state index < -0.39 is 10.0 Å². The molecular weight excluding hydrogens is 407 g/mol. The van der Waals surface area contributed by atoms with Crippen LogP contribution in [0.2, 0.25) is 10.0 Å². The van der Waals surface area contributed by atoms with Crippen LogP contribution in [-0.4, -0.2) is 27.1 Å². The summed E-state index contributed by atoms with van der Waals surface area (Å²) in [6.07, 6.45) is 1.70. The molecule has 0 aliphatic carbocycles. The van der Waals surface area contributed by atoms with Crippen molar-refractivity contribution >= 4 is 50.5 Å². The molecule has 5 nitrogen and oxygen atoms in total. The highest BCUT2D eigenvalue weighted by Crippen LogP contribution is 2.26. The molecule has 0 saturated carbocycles. The number of benzene rings is 2. The number of rotatable bonds is 7. The Bertz CT molecular complexity index is 946. The van der Waals surface area contributed by atoms with Crippen LogP contribution in [0.1, 0.15) is 24.0 Å². The van der Waals surface area contributed by atoms with Gasteiger partial charge in [-0.15, -0.1) is 0 Å². The van der Waals surface area contributed by atoms with Crippen molar-refractivity contribution in [3.63, 3.8) is 0 Å². The van der Waals surface area contributed by atoms with Crippen LogP contribution in [0, 0.1) is 13.8 Å². The first-order valence-corrected chi connectivity index (χ1v) is 11.0. The van der Waals surface area contributed by atoms with Crippen molar-refractivity contribution in [1.82, 2.24) is 0 Å². The molecule has 2 rings (SSSR count). The van der Waals surface area contributed by atoms with Crippen LogP contribution in [0.15, 0.2) is 36.4 Å². The minimum atomic E-state index is -3.46. The number of nitrogens with zero attached hydrogens (tertiary/aromatic N) is 1. The molecule has 0 spiro atoms. The first-order valence-electron chi connectivity index (χ1n) is 8.38. The highest BCUT2D eigenvalue weighted by Gasteiger charge is 2.19. The second-order valence-corrected chi connectivity index (χ2v) is 9.15. The van der Waals surface area contributed by atoms with Gasteiger partial charge in [0.1, 0.15) is 0 Å². The lowest BCUT2D eigenvalue weighted by Crippen LogP contribution is -2.32. The molecule has 0 aromatic heterocycles. The van der Waals surface area contributed by atoms with Crippen LogP contribution >= 0.6 is 23.2 Å². The van der Waals surface area contributed by atoms with Crippen molar-refractivity contribution in [1.29, 1.82) is 0 Å². The van der Waals surface area contributed by atoms with E-state index in [4.69, 9.17) is 23.2 Å². The highest BCUT2D eigenvalue weighted by molar-refractivity contribution is 7.92. The van der Waals surface area contributed by atoms with E-state index in [0.717, 1.165) is 11.1 Å². The van der Waals surface area contributed by atoms with Gasteiger partial charge in [0.25, 0.3) is 0 Å². The lowest BCUT2D eigenvalue weighted by Gasteiger charge is -2.24. The number of carbonyl (C=O) groups is 1. The molecule has 146 valence electrons. The molecule has 2 aromatic rings. The third-order valence-corrected chi connectivity index (χ3v) is 5.73. The van der Waals surface area contributed by atoms with Crippen molar-refractivity contribution in [3.8, 4) is 0 Å². The van der Waals surface area contributed by atoms with Gasteiger partial charge >= 0.3 is 0 Å². The number of aryl methyl sites for hydroxylation is 2. The first kappa shape index (κ1) is 21.5. The fourth-order valence-electron chi connectivity index (χ4n) is 2.64. The Kier molecular flexibility index (Phi) is 7.14. The van der Waals surface area contributed by atoms with E-state index in [1.165, 1.54) is 10.6 Å². The van der Waals surface area contributed by atoms with Crippen LogP contribution in [0.3, 0.4) is 0 Å². The maximum atomic E-state index is 12.2. The van der Waals surface area contributed by atoms with E-state index in [1.54, 1.807) is 18.2 Å². The molecule has 0 radical (unpaired) electrons. The van der Waals surface area contributed by atoms with Crippen molar-refractivity contribution in [2.24, 2.45) is 0 Å². The Morgan fingerprint density at radius 2 is 1.81 bits per heavy atom. The van der Waals surface area contributed by atoms with Crippen LogP contribution in [0.4, 0.5) is 11.4 Å². The van der Waals surface area contributed by atoms with E-state index in [1.807, 2.05) is 32.0 Å². The first-order chi connectivity index (χ1) is 12.6. The van der Waals surface area contributed by atoms with E-state index in [0.29, 0.717) is 27.8 Å². The summed E-state index contributed by atoms with van der Waals surface area (Å²) in [5, 5.41) is 3.55. The van der Waals surface area contributed by atoms with Gasteiger partial charge in [-0.2, -0.15) is 0 Å². The molecule has 1 N–H and O–H groups in total. The lowest BCUT2D eigenvalue weighted by molar-refractivity contribution is -0.116. The fourth-order valence-corrected chi connectivity index (χ4v) is 4.11. The van der Waals surface area contributed by atoms with Gasteiger partial charge in [-0.25, -0.2) is 8.42 Å². The quantitative estimate of drug-likeness (QED) is 0.688. The van der Waals surface area contributed by atoms with Crippen molar-refractivity contribution in [3.05, 3.63) is 57.6 Å². The van der Waals surface area contributed by atoms with Gasteiger partial charge in [-0.3, -0.25) is 9.10 Å². The second-order valence-electron chi connectivity index (χ2n) is 6.40. The predicted octanol–water partition coefficient (Wildman–Crippen LogP) is 4.80. The van der Waals surface area contributed by atoms with Crippen LogP contribution < -0.4 is 9.62 Å². The van der Waals surface area contributed by atoms with Crippen molar-refractivity contribution in [2.45, 2.75) is 26.7 Å². The number of amides is 1. The Labute approximate surface area is 170 Å². The number of halogens is 2. The maximum absolute atomic E-state index is 12.2. The molecule has 8 heteroatoms.